The zero-order chi connectivity index (χ0) is 27.0. The second kappa shape index (κ2) is 17.0. The van der Waals surface area contributed by atoms with Crippen LogP contribution >= 0.6 is 0 Å². The van der Waals surface area contributed by atoms with Gasteiger partial charge in [-0.05, 0) is 82.0 Å². The van der Waals surface area contributed by atoms with E-state index in [9.17, 15) is 0 Å². The summed E-state index contributed by atoms with van der Waals surface area (Å²) in [6, 6.07) is 15.0. The van der Waals surface area contributed by atoms with Crippen molar-refractivity contribution in [2.75, 3.05) is 54.5 Å². The maximum Gasteiger partial charge on any atom is 0.119 e. The Morgan fingerprint density at radius 3 is 1.92 bits per heavy atom. The van der Waals surface area contributed by atoms with Crippen molar-refractivity contribution in [2.45, 2.75) is 58.3 Å². The molecule has 4 nitrogen and oxygen atoms in total. The molecule has 0 saturated heterocycles. The highest BCUT2D eigenvalue weighted by molar-refractivity contribution is 5.70. The first-order valence-electron chi connectivity index (χ1n) is 13.9. The second-order valence-electron chi connectivity index (χ2n) is 10.7. The number of aryl methyl sites for hydroxylation is 1. The molecule has 0 N–H and O–H groups in total. The average molecular weight is 507 g/mol. The van der Waals surface area contributed by atoms with Crippen LogP contribution in [0.3, 0.4) is 0 Å². The minimum atomic E-state index is 0.639. The molecular weight excluding hydrogens is 456 g/mol. The van der Waals surface area contributed by atoms with Crippen molar-refractivity contribution in [2.24, 2.45) is 0 Å². The van der Waals surface area contributed by atoms with Crippen LogP contribution in [0.5, 0.6) is 11.5 Å². The van der Waals surface area contributed by atoms with Crippen LogP contribution in [0.2, 0.25) is 0 Å². The molecule has 0 heterocycles. The minimum absolute atomic E-state index is 0.639. The lowest BCUT2D eigenvalue weighted by molar-refractivity contribution is 0.315. The molecule has 0 atom stereocenters. The van der Waals surface area contributed by atoms with Gasteiger partial charge >= 0.3 is 0 Å². The molecule has 0 amide bonds. The van der Waals surface area contributed by atoms with Crippen molar-refractivity contribution in [3.63, 3.8) is 0 Å². The van der Waals surface area contributed by atoms with Crippen LogP contribution in [0.25, 0.3) is 11.1 Å². The van der Waals surface area contributed by atoms with Crippen LogP contribution in [-0.2, 0) is 6.42 Å². The summed E-state index contributed by atoms with van der Waals surface area (Å²) in [5.74, 6) is 1.81. The molecule has 0 saturated carbocycles. The average Bonchev–Trinajstić information content (AvgIpc) is 2.84. The summed E-state index contributed by atoms with van der Waals surface area (Å²) in [4.78, 5) is 4.28. The third-order valence-corrected chi connectivity index (χ3v) is 6.30. The van der Waals surface area contributed by atoms with Gasteiger partial charge in [0.1, 0.15) is 11.5 Å². The van der Waals surface area contributed by atoms with E-state index in [4.69, 9.17) is 9.47 Å². The molecular formula is C33H50N2O2. The van der Waals surface area contributed by atoms with Gasteiger partial charge in [0, 0.05) is 25.9 Å². The highest BCUT2D eigenvalue weighted by atomic mass is 16.5. The van der Waals surface area contributed by atoms with E-state index in [2.05, 4.69) is 94.5 Å². The summed E-state index contributed by atoms with van der Waals surface area (Å²) in [5, 5.41) is 0. The van der Waals surface area contributed by atoms with Crippen molar-refractivity contribution >= 4 is 0 Å². The zero-order valence-electron chi connectivity index (χ0n) is 24.2. The van der Waals surface area contributed by atoms with Gasteiger partial charge in [-0.1, -0.05) is 75.1 Å². The fourth-order valence-corrected chi connectivity index (χ4v) is 4.48. The maximum atomic E-state index is 6.16. The quantitative estimate of drug-likeness (QED) is 0.144. The Hall–Kier alpha value is -2.56. The van der Waals surface area contributed by atoms with E-state index < -0.39 is 0 Å². The summed E-state index contributed by atoms with van der Waals surface area (Å²) >= 11 is 0. The maximum absolute atomic E-state index is 6.16. The van der Waals surface area contributed by atoms with Gasteiger partial charge in [0.25, 0.3) is 0 Å². The Morgan fingerprint density at radius 1 is 0.730 bits per heavy atom. The zero-order valence-corrected chi connectivity index (χ0v) is 24.2. The third kappa shape index (κ3) is 12.5. The predicted molar refractivity (Wildman–Crippen MR) is 160 cm³/mol. The normalized spacial score (nSPS) is 11.2. The number of likely N-dealkylation sites (N-methyl/N-ethyl adjacent to an activating group) is 2. The lowest BCUT2D eigenvalue weighted by Gasteiger charge is -2.16. The number of ether oxygens (including phenoxy) is 2. The summed E-state index contributed by atoms with van der Waals surface area (Å²) < 4.78 is 12.3. The van der Waals surface area contributed by atoms with E-state index in [1.165, 1.54) is 59.9 Å². The molecule has 0 spiro atoms. The fraction of sp³-hybridized carbons (Fsp3) is 0.515. The number of hydrogen-bond acceptors (Lipinski definition) is 4. The summed E-state index contributed by atoms with van der Waals surface area (Å²) in [6.45, 7) is 13.7. The van der Waals surface area contributed by atoms with E-state index in [0.29, 0.717) is 13.2 Å². The first kappa shape index (κ1) is 30.7. The number of unbranched alkanes of at least 4 members (excludes halogenated alkanes) is 4. The van der Waals surface area contributed by atoms with Gasteiger partial charge in [0.15, 0.2) is 0 Å². The molecule has 0 aliphatic heterocycles. The molecule has 2 rings (SSSR count). The van der Waals surface area contributed by atoms with Gasteiger partial charge in [-0.2, -0.15) is 0 Å². The van der Waals surface area contributed by atoms with Gasteiger partial charge in [-0.25, -0.2) is 0 Å². The Bertz CT molecular complexity index is 965. The molecule has 2 aromatic carbocycles. The highest BCUT2D eigenvalue weighted by Gasteiger charge is 2.10. The number of benzene rings is 2. The van der Waals surface area contributed by atoms with Crippen LogP contribution in [0.15, 0.2) is 66.8 Å². The van der Waals surface area contributed by atoms with E-state index >= 15 is 0 Å². The first-order chi connectivity index (χ1) is 17.8. The molecule has 0 radical (unpaired) electrons. The Balaban J connectivity index is 2.12. The van der Waals surface area contributed by atoms with Crippen LogP contribution < -0.4 is 9.47 Å². The van der Waals surface area contributed by atoms with Gasteiger partial charge < -0.3 is 19.3 Å². The third-order valence-electron chi connectivity index (χ3n) is 6.30. The summed E-state index contributed by atoms with van der Waals surface area (Å²) in [5.41, 5.74) is 6.16. The Labute approximate surface area is 227 Å². The molecule has 0 aromatic heterocycles. The lowest BCUT2D eigenvalue weighted by Crippen LogP contribution is -2.15. The van der Waals surface area contributed by atoms with Crippen LogP contribution in [0, 0.1) is 0 Å². The van der Waals surface area contributed by atoms with Crippen molar-refractivity contribution < 1.29 is 9.47 Å². The van der Waals surface area contributed by atoms with Gasteiger partial charge in [0.05, 0.1) is 13.2 Å². The van der Waals surface area contributed by atoms with Crippen molar-refractivity contribution in [1.82, 2.24) is 9.80 Å². The number of rotatable bonds is 19. The summed E-state index contributed by atoms with van der Waals surface area (Å²) in [6.07, 6.45) is 9.18. The van der Waals surface area contributed by atoms with Crippen LogP contribution in [0.1, 0.15) is 57.4 Å². The minimum Gasteiger partial charge on any atom is -0.493 e. The second-order valence-corrected chi connectivity index (χ2v) is 10.7. The van der Waals surface area contributed by atoms with Crippen molar-refractivity contribution in [3.05, 3.63) is 72.3 Å². The largest absolute Gasteiger partial charge is 0.493 e. The molecule has 0 bridgehead atoms. The van der Waals surface area contributed by atoms with Crippen molar-refractivity contribution in [3.8, 4) is 22.6 Å². The SMILES string of the molecule is C=C(CCOc1cccc(-c2cc(OCCC(=C)CN(C)C)ccc2CCCCCCC)c1)CN(C)C. The Kier molecular flexibility index (Phi) is 14.1. The molecule has 204 valence electrons. The first-order valence-corrected chi connectivity index (χ1v) is 13.9. The standard InChI is InChI=1S/C33H50N2O2/c1-8-9-10-11-12-14-29-17-18-32(37-22-20-28(3)26-35(6)7)24-33(29)30-15-13-16-31(23-30)36-21-19-27(2)25-34(4)5/h13,15-18,23-24H,2-3,8-12,14,19-22,25-26H2,1,4-7H3. The van der Waals surface area contributed by atoms with Gasteiger partial charge in [-0.3, -0.25) is 0 Å². The topological polar surface area (TPSA) is 24.9 Å². The van der Waals surface area contributed by atoms with E-state index in [-0.39, 0.29) is 0 Å². The highest BCUT2D eigenvalue weighted by Crippen LogP contribution is 2.32. The fourth-order valence-electron chi connectivity index (χ4n) is 4.48. The van der Waals surface area contributed by atoms with E-state index in [1.54, 1.807) is 0 Å². The van der Waals surface area contributed by atoms with E-state index in [1.807, 2.05) is 6.07 Å². The van der Waals surface area contributed by atoms with Gasteiger partial charge in [-0.15, -0.1) is 0 Å². The van der Waals surface area contributed by atoms with Crippen LogP contribution in [0.4, 0.5) is 0 Å². The van der Waals surface area contributed by atoms with Crippen molar-refractivity contribution in [1.29, 1.82) is 0 Å². The summed E-state index contributed by atoms with van der Waals surface area (Å²) in [7, 11) is 8.26. The predicted octanol–water partition coefficient (Wildman–Crippen LogP) is 7.64. The molecule has 4 heteroatoms. The molecule has 0 fully saturated rings. The lowest BCUT2D eigenvalue weighted by atomic mass is 9.95. The van der Waals surface area contributed by atoms with Crippen LogP contribution in [-0.4, -0.2) is 64.3 Å². The molecule has 2 aromatic rings. The molecule has 0 aliphatic carbocycles. The monoisotopic (exact) mass is 506 g/mol. The molecule has 37 heavy (non-hydrogen) atoms. The Morgan fingerprint density at radius 2 is 1.32 bits per heavy atom. The molecule has 0 aliphatic rings. The smallest absolute Gasteiger partial charge is 0.119 e. The van der Waals surface area contributed by atoms with E-state index in [0.717, 1.165) is 43.9 Å². The number of nitrogens with zero attached hydrogens (tertiary/aromatic N) is 2. The van der Waals surface area contributed by atoms with Gasteiger partial charge in [0.2, 0.25) is 0 Å². The molecule has 0 unspecified atom stereocenters. The number of hydrogen-bond donors (Lipinski definition) is 0.